The van der Waals surface area contributed by atoms with Crippen molar-refractivity contribution in [2.75, 3.05) is 0 Å². The van der Waals surface area contributed by atoms with Crippen molar-refractivity contribution in [3.8, 4) is 77.9 Å². The minimum atomic E-state index is -0.411. The van der Waals surface area contributed by atoms with Crippen molar-refractivity contribution in [3.63, 3.8) is 0 Å². The highest BCUT2D eigenvalue weighted by Gasteiger charge is 2.24. The molecule has 0 amide bonds. The Morgan fingerprint density at radius 1 is 0.140 bits per heavy atom. The SMILES string of the molecule is [2H]c1c([2H])c([2H])c2c(-c3cc4ccccc4c4ccccc34)c3c([2H])c([2H])c([2H])c([2H])c3c(-c3ccc4sc5ccccc5c4c3)c2c1[2H].[2H]c1c([2H])c([2H])c2c(-c3ccc4sc5ccccc5c4c3)c3c([2H])c([2H])c([2H])c([2H])c3c(-c3ccc(-c4cccc5ccccc45)cc3)c2c1[2H].[2H]c1c([2H])c([2H])c2c(-c3cccc4ccccc34)c3c([2H])c([2H])c([2H])c([2H])c3c(-c3ccc4sc5ccccc5c4c3)c2c1[2H]. The predicted molar refractivity (Wildman–Crippen MR) is 531 cm³/mol. The lowest BCUT2D eigenvalue weighted by Crippen LogP contribution is -1.92. The molecule has 0 bridgehead atoms. The molecule has 0 nitrogen and oxygen atoms in total. The Morgan fingerprint density at radius 2 is 0.397 bits per heavy atom. The zero-order valence-electron chi connectivity index (χ0n) is 87.9. The zero-order chi connectivity index (χ0) is 100. The van der Waals surface area contributed by atoms with Gasteiger partial charge in [-0.1, -0.05) is 376 Å². The maximum Gasteiger partial charge on any atom is 0.0629 e. The first-order valence-electron chi connectivity index (χ1n) is 51.6. The second-order valence-electron chi connectivity index (χ2n) is 30.0. The molecule has 121 heavy (non-hydrogen) atoms. The Hall–Kier alpha value is -14.7. The molecule has 0 N–H and O–H groups in total. The fourth-order valence-corrected chi connectivity index (χ4v) is 21.5. The molecule has 0 aliphatic carbocycles. The third-order valence-electron chi connectivity index (χ3n) is 23.5. The molecule has 0 radical (unpaired) electrons. The number of thiophene rings is 3. The molecule has 23 aromatic carbocycles. The first kappa shape index (κ1) is 50.2. The lowest BCUT2D eigenvalue weighted by Gasteiger charge is -2.19. The first-order chi connectivity index (χ1) is 70.0. The average molecular weight is 1610 g/mol. The van der Waals surface area contributed by atoms with E-state index in [1.807, 2.05) is 249 Å². The Bertz CT molecular complexity index is 10000. The molecule has 0 aliphatic heterocycles. The quantitative estimate of drug-likeness (QED) is 0.110. The largest absolute Gasteiger partial charge is 0.135 e. The van der Waals surface area contributed by atoms with E-state index in [2.05, 4.69) is 42.5 Å². The van der Waals surface area contributed by atoms with Gasteiger partial charge in [-0.2, -0.15) is 0 Å². The second-order valence-corrected chi connectivity index (χ2v) is 33.3. The summed E-state index contributed by atoms with van der Waals surface area (Å²) in [6.07, 6.45) is 0. The number of rotatable bonds is 7. The van der Waals surface area contributed by atoms with Crippen LogP contribution in [0.25, 0.3) is 246 Å². The van der Waals surface area contributed by atoms with Gasteiger partial charge in [0, 0.05) is 60.5 Å². The van der Waals surface area contributed by atoms with Crippen LogP contribution in [-0.4, -0.2) is 0 Å². The van der Waals surface area contributed by atoms with Crippen LogP contribution in [0.15, 0.2) is 436 Å². The Labute approximate surface area is 745 Å². The molecule has 26 rings (SSSR count). The second kappa shape index (κ2) is 29.1. The molecule has 0 aliphatic rings. The number of hydrogen-bond acceptors (Lipinski definition) is 3. The van der Waals surface area contributed by atoms with Gasteiger partial charge < -0.3 is 0 Å². The lowest BCUT2D eigenvalue weighted by molar-refractivity contribution is 1.63. The minimum Gasteiger partial charge on any atom is -0.135 e. The van der Waals surface area contributed by atoms with E-state index in [9.17, 15) is 16.4 Å². The smallest absolute Gasteiger partial charge is 0.0629 e. The van der Waals surface area contributed by atoms with E-state index in [0.717, 1.165) is 115 Å². The van der Waals surface area contributed by atoms with Gasteiger partial charge in [0.25, 0.3) is 0 Å². The van der Waals surface area contributed by atoms with Gasteiger partial charge in [0.1, 0.15) is 0 Å². The average Bonchev–Trinajstić information content (AvgIpc) is 1.21. The maximum absolute atomic E-state index is 9.37. The summed E-state index contributed by atoms with van der Waals surface area (Å²) in [4.78, 5) is 0. The van der Waals surface area contributed by atoms with Crippen molar-refractivity contribution in [1.82, 2.24) is 0 Å². The maximum atomic E-state index is 9.37. The van der Waals surface area contributed by atoms with Gasteiger partial charge in [0.05, 0.1) is 32.9 Å². The normalized spacial score (nSPS) is 14.6. The highest BCUT2D eigenvalue weighted by molar-refractivity contribution is 7.26. The standard InChI is InChI=1S/C42H26S.C40H24S.C36H22S/c1-2-12-31-27(10-1)11-9-18-32(31)28-20-22-29(23-21-28)41-34-14-3-5-16-36(34)42(37-17-6-4-15-35(37)41)30-24-25-40-38(26-30)33-13-7-8-19-39(33)43-40;1-2-12-27-25(11-1)23-36(29-14-4-3-13-28(27)29)40-33-18-7-5-16-31(33)39(32-17-6-8-19-34(32)40)26-21-22-38-35(24-26)30-15-9-10-20-37(30)41-38;1-2-12-25-23(10-1)11-9-18-27(25)36-30-16-5-3-14-28(30)35(29-15-4-6-17-31(29)36)24-20-21-34-32(22-24)26-13-7-8-19-33(26)37-34/h1-26H;1-24H;1-22H/i3D,4D,5D,6D,14D,15D,16D,17D;5D,6D,7D,8D,16D,17D,18D,19D;3D,4D,5D,6D,14D,15D,16D,17D. The number of hydrogen-bond donors (Lipinski definition) is 0. The molecule has 3 heteroatoms. The fraction of sp³-hybridized carbons (Fsp3) is 0. The van der Waals surface area contributed by atoms with Crippen LogP contribution in [0, 0.1) is 0 Å². The van der Waals surface area contributed by atoms with Gasteiger partial charge in [-0.25, -0.2) is 0 Å². The van der Waals surface area contributed by atoms with Crippen LogP contribution < -0.4 is 0 Å². The summed E-state index contributed by atoms with van der Waals surface area (Å²) in [5, 5.41) is 16.2. The van der Waals surface area contributed by atoms with Crippen molar-refractivity contribution in [3.05, 3.63) is 436 Å². The van der Waals surface area contributed by atoms with Crippen LogP contribution in [0.1, 0.15) is 32.9 Å². The number of benzene rings is 23. The summed E-state index contributed by atoms with van der Waals surface area (Å²) in [6.45, 7) is 0. The Morgan fingerprint density at radius 3 is 0.785 bits per heavy atom. The van der Waals surface area contributed by atoms with Crippen molar-refractivity contribution in [2.45, 2.75) is 0 Å². The molecule has 0 spiro atoms. The summed E-state index contributed by atoms with van der Waals surface area (Å²) in [7, 11) is 0. The summed E-state index contributed by atoms with van der Waals surface area (Å²) in [5.74, 6) is 0. The van der Waals surface area contributed by atoms with Gasteiger partial charge in [-0.15, -0.1) is 34.0 Å². The lowest BCUT2D eigenvalue weighted by atomic mass is 9.83. The summed E-state index contributed by atoms with van der Waals surface area (Å²) < 4.78 is 223. The van der Waals surface area contributed by atoms with Crippen LogP contribution in [0.3, 0.4) is 0 Å². The van der Waals surface area contributed by atoms with Crippen molar-refractivity contribution < 1.29 is 32.9 Å². The fourth-order valence-electron chi connectivity index (χ4n) is 18.2. The number of fused-ring (bicyclic) bond motifs is 20. The van der Waals surface area contributed by atoms with Crippen molar-refractivity contribution in [2.24, 2.45) is 0 Å². The van der Waals surface area contributed by atoms with Crippen LogP contribution in [0.4, 0.5) is 0 Å². The molecule has 0 saturated carbocycles. The van der Waals surface area contributed by atoms with Gasteiger partial charge >= 0.3 is 0 Å². The monoisotopic (exact) mass is 1610 g/mol. The summed E-state index contributed by atoms with van der Waals surface area (Å²) in [6, 6.07) is 86.6. The van der Waals surface area contributed by atoms with Gasteiger partial charge in [0.15, 0.2) is 0 Å². The van der Waals surface area contributed by atoms with E-state index >= 15 is 0 Å². The molecule has 0 saturated heterocycles. The molecular weight excluding hydrogens is 1510 g/mol. The van der Waals surface area contributed by atoms with Crippen LogP contribution in [0.2, 0.25) is 0 Å². The molecule has 0 atom stereocenters. The van der Waals surface area contributed by atoms with Gasteiger partial charge in [0.2, 0.25) is 0 Å². The Kier molecular flexibility index (Phi) is 12.1. The van der Waals surface area contributed by atoms with Crippen molar-refractivity contribution >= 4 is 202 Å². The van der Waals surface area contributed by atoms with Crippen LogP contribution >= 0.6 is 34.0 Å². The first-order valence-corrected chi connectivity index (χ1v) is 42.1. The molecular formula is C118H72S3. The minimum absolute atomic E-state index is 0.210. The molecule has 3 aromatic heterocycles. The molecule has 0 unspecified atom stereocenters. The topological polar surface area (TPSA) is 0 Å². The van der Waals surface area contributed by atoms with E-state index in [4.69, 9.17) is 16.4 Å². The molecule has 0 fully saturated rings. The van der Waals surface area contributed by atoms with E-state index in [1.54, 1.807) is 34.0 Å². The summed E-state index contributed by atoms with van der Waals surface area (Å²) >= 11 is 4.95. The van der Waals surface area contributed by atoms with Crippen LogP contribution in [-0.2, 0) is 0 Å². The van der Waals surface area contributed by atoms with E-state index in [0.29, 0.717) is 66.8 Å². The van der Waals surface area contributed by atoms with Gasteiger partial charge in [-0.3, -0.25) is 0 Å². The zero-order valence-corrected chi connectivity index (χ0v) is 66.4. The predicted octanol–water partition coefficient (Wildman–Crippen LogP) is 35.4. The Balaban J connectivity index is 0.000000117. The van der Waals surface area contributed by atoms with E-state index in [-0.39, 0.29) is 137 Å². The third-order valence-corrected chi connectivity index (χ3v) is 26.9. The van der Waals surface area contributed by atoms with Gasteiger partial charge in [-0.05, 0) is 246 Å². The molecule has 3 heterocycles. The van der Waals surface area contributed by atoms with Crippen LogP contribution in [0.5, 0.6) is 0 Å². The van der Waals surface area contributed by atoms with E-state index < -0.39 is 72.5 Å². The third kappa shape index (κ3) is 11.8. The van der Waals surface area contributed by atoms with Crippen molar-refractivity contribution in [1.29, 1.82) is 0 Å². The highest BCUT2D eigenvalue weighted by atomic mass is 32.1. The van der Waals surface area contributed by atoms with E-state index in [1.165, 1.54) is 0 Å². The molecule has 562 valence electrons. The summed E-state index contributed by atoms with van der Waals surface area (Å²) in [5.41, 5.74) is 7.77. The molecule has 26 aromatic rings. The highest BCUT2D eigenvalue weighted by Crippen LogP contribution is 2.52.